The van der Waals surface area contributed by atoms with E-state index in [2.05, 4.69) is 86.4 Å². The van der Waals surface area contributed by atoms with Crippen LogP contribution in [-0.4, -0.2) is 106 Å². The Kier molecular flexibility index (Phi) is 10.8. The third-order valence-electron chi connectivity index (χ3n) is 15.4. The van der Waals surface area contributed by atoms with Crippen molar-refractivity contribution in [3.05, 3.63) is 64.2 Å². The molecule has 6 aliphatic rings. The van der Waals surface area contributed by atoms with Crippen molar-refractivity contribution in [1.29, 1.82) is 0 Å². The molecule has 2 saturated carbocycles. The number of aryl methyl sites for hydroxylation is 2. The monoisotopic (exact) mass is 830 g/mol. The van der Waals surface area contributed by atoms with Gasteiger partial charge in [0.2, 0.25) is 11.9 Å². The van der Waals surface area contributed by atoms with Gasteiger partial charge in [0.05, 0.1) is 18.2 Å². The number of piperidine rings is 1. The molecule has 2 saturated heterocycles. The SMILES string of the molecule is CN=C/C(=C\N)c1cc2c(cc1C)N(c1nn(C3CCN(C4CCC5(CC4)CN(c4ncc(C(=O)NC6C(C)(C)CC6(C)C)cn4)C5)CC3)c3c1CN(C(C)=O)CC3)CCC2. The first kappa shape index (κ1) is 41.6. The second kappa shape index (κ2) is 15.8. The molecule has 3 N–H and O–H groups in total. The number of carbonyl (C=O) groups is 2. The van der Waals surface area contributed by atoms with Gasteiger partial charge in [0.1, 0.15) is 0 Å². The summed E-state index contributed by atoms with van der Waals surface area (Å²) in [5, 5.41) is 8.77. The summed E-state index contributed by atoms with van der Waals surface area (Å²) in [5.74, 6) is 1.80. The Morgan fingerprint density at radius 1 is 0.934 bits per heavy atom. The molecule has 0 radical (unpaired) electrons. The van der Waals surface area contributed by atoms with Gasteiger partial charge in [0, 0.05) is 124 Å². The molecule has 4 fully saturated rings. The topological polar surface area (TPSA) is 141 Å². The number of fused-ring (bicyclic) bond motifs is 2. The van der Waals surface area contributed by atoms with Gasteiger partial charge in [-0.25, -0.2) is 9.97 Å². The Balaban J connectivity index is 0.824. The highest BCUT2D eigenvalue weighted by atomic mass is 16.2. The minimum atomic E-state index is -0.0820. The van der Waals surface area contributed by atoms with Crippen molar-refractivity contribution >= 4 is 41.1 Å². The van der Waals surface area contributed by atoms with Crippen molar-refractivity contribution in [2.45, 2.75) is 130 Å². The number of aromatic nitrogens is 4. The standard InChI is InChI=1S/C48H67N11O2/c1-31-21-41-33(22-38(31)34(23-49)24-50-7)9-8-17-58(41)42-39-27-56(32(2)60)20-14-40(39)59(54-42)37-12-18-55(19-13-37)36-10-15-48(16-11-36)29-57(30-48)45-51-25-35(26-52-45)43(61)53-44-46(3,4)28-47(44,5)6/h21-26,36-37,44H,8-20,27-30,49H2,1-7H3,(H,53,61)/b34-23+,50-24?. The highest BCUT2D eigenvalue weighted by Gasteiger charge is 2.53. The Bertz CT molecular complexity index is 2200. The van der Waals surface area contributed by atoms with E-state index in [1.807, 2.05) is 11.1 Å². The van der Waals surface area contributed by atoms with E-state index < -0.39 is 0 Å². The minimum absolute atomic E-state index is 0.0820. The first-order chi connectivity index (χ1) is 29.2. The molecule has 61 heavy (non-hydrogen) atoms. The smallest absolute Gasteiger partial charge is 0.254 e. The summed E-state index contributed by atoms with van der Waals surface area (Å²) in [6.07, 6.45) is 18.0. The number of allylic oxidation sites excluding steroid dienone is 1. The van der Waals surface area contributed by atoms with Crippen molar-refractivity contribution in [1.82, 2.24) is 34.9 Å². The quantitative estimate of drug-likeness (QED) is 0.240. The van der Waals surface area contributed by atoms with Gasteiger partial charge >= 0.3 is 0 Å². The minimum Gasteiger partial charge on any atom is -0.404 e. The molecule has 1 spiro atoms. The zero-order valence-electron chi connectivity index (χ0n) is 37.6. The predicted molar refractivity (Wildman–Crippen MR) is 242 cm³/mol. The van der Waals surface area contributed by atoms with Crippen LogP contribution < -0.4 is 20.9 Å². The van der Waals surface area contributed by atoms with Crippen molar-refractivity contribution in [3.63, 3.8) is 0 Å². The van der Waals surface area contributed by atoms with Crippen LogP contribution in [0.3, 0.4) is 0 Å². The van der Waals surface area contributed by atoms with Crippen LogP contribution in [0.25, 0.3) is 5.57 Å². The molecular weight excluding hydrogens is 763 g/mol. The van der Waals surface area contributed by atoms with E-state index in [4.69, 9.17) is 10.8 Å². The van der Waals surface area contributed by atoms with Gasteiger partial charge in [-0.15, -0.1) is 0 Å². The molecule has 4 aliphatic heterocycles. The predicted octanol–water partition coefficient (Wildman–Crippen LogP) is 6.61. The first-order valence-electron chi connectivity index (χ1n) is 22.9. The summed E-state index contributed by atoms with van der Waals surface area (Å²) >= 11 is 0. The first-order valence-corrected chi connectivity index (χ1v) is 22.9. The number of hydrogen-bond acceptors (Lipinski definition) is 10. The maximum atomic E-state index is 13.1. The number of aliphatic imine (C=N–C) groups is 1. The molecule has 0 atom stereocenters. The van der Waals surface area contributed by atoms with Crippen LogP contribution in [0.4, 0.5) is 17.5 Å². The summed E-state index contributed by atoms with van der Waals surface area (Å²) in [6.45, 7) is 19.2. The molecule has 9 rings (SSSR count). The molecule has 326 valence electrons. The number of nitrogens with two attached hydrogens (primary N) is 1. The van der Waals surface area contributed by atoms with Gasteiger partial charge in [-0.3, -0.25) is 19.3 Å². The zero-order valence-corrected chi connectivity index (χ0v) is 37.6. The number of benzene rings is 1. The van der Waals surface area contributed by atoms with E-state index in [0.717, 1.165) is 106 Å². The molecular formula is C48H67N11O2. The summed E-state index contributed by atoms with van der Waals surface area (Å²) in [6, 6.07) is 5.71. The summed E-state index contributed by atoms with van der Waals surface area (Å²) in [5.41, 5.74) is 15.4. The van der Waals surface area contributed by atoms with Crippen LogP contribution >= 0.6 is 0 Å². The Labute approximate surface area is 362 Å². The fourth-order valence-electron chi connectivity index (χ4n) is 12.6. The van der Waals surface area contributed by atoms with Crippen LogP contribution in [0.15, 0.2) is 35.7 Å². The second-order valence-corrected chi connectivity index (χ2v) is 20.6. The highest BCUT2D eigenvalue weighted by Crippen LogP contribution is 2.54. The van der Waals surface area contributed by atoms with E-state index in [-0.39, 0.29) is 28.7 Å². The third kappa shape index (κ3) is 7.62. The molecule has 0 unspecified atom stereocenters. The van der Waals surface area contributed by atoms with E-state index in [0.29, 0.717) is 29.6 Å². The molecule has 3 aromatic rings. The lowest BCUT2D eigenvalue weighted by atomic mass is 9.52. The summed E-state index contributed by atoms with van der Waals surface area (Å²) < 4.78 is 2.39. The van der Waals surface area contributed by atoms with Crippen LogP contribution in [0, 0.1) is 23.2 Å². The zero-order chi connectivity index (χ0) is 42.8. The highest BCUT2D eigenvalue weighted by molar-refractivity contribution is 6.10. The van der Waals surface area contributed by atoms with Crippen molar-refractivity contribution in [2.75, 3.05) is 56.1 Å². The van der Waals surface area contributed by atoms with Crippen LogP contribution in [0.2, 0.25) is 0 Å². The van der Waals surface area contributed by atoms with E-state index in [1.54, 1.807) is 32.6 Å². The maximum absolute atomic E-state index is 13.1. The number of carbonyl (C=O) groups excluding carboxylic acids is 2. The average Bonchev–Trinajstić information content (AvgIpc) is 3.62. The van der Waals surface area contributed by atoms with Gasteiger partial charge in [0.25, 0.3) is 5.91 Å². The largest absolute Gasteiger partial charge is 0.404 e. The van der Waals surface area contributed by atoms with Crippen molar-refractivity contribution in [3.8, 4) is 0 Å². The summed E-state index contributed by atoms with van der Waals surface area (Å²) in [7, 11) is 1.78. The molecule has 2 aromatic heterocycles. The lowest BCUT2D eigenvalue weighted by Gasteiger charge is -2.57. The number of likely N-dealkylation sites (tertiary alicyclic amines) is 1. The number of nitrogens with zero attached hydrogens (tertiary/aromatic N) is 9. The number of amides is 2. The molecule has 6 heterocycles. The van der Waals surface area contributed by atoms with Crippen LogP contribution in [-0.2, 0) is 24.2 Å². The van der Waals surface area contributed by atoms with Gasteiger partial charge in [-0.1, -0.05) is 27.7 Å². The van der Waals surface area contributed by atoms with E-state index >= 15 is 0 Å². The van der Waals surface area contributed by atoms with Gasteiger partial charge in [0.15, 0.2) is 5.82 Å². The molecule has 0 bridgehead atoms. The van der Waals surface area contributed by atoms with Gasteiger partial charge in [-0.05, 0) is 104 Å². The average molecular weight is 830 g/mol. The number of anilines is 3. The van der Waals surface area contributed by atoms with Crippen molar-refractivity contribution in [2.24, 2.45) is 27.0 Å². The molecule has 1 aromatic carbocycles. The Morgan fingerprint density at radius 3 is 2.28 bits per heavy atom. The number of nitrogens with one attached hydrogen (secondary N) is 1. The Morgan fingerprint density at radius 2 is 1.64 bits per heavy atom. The normalized spacial score (nSPS) is 23.1. The number of hydrogen-bond donors (Lipinski definition) is 2. The molecule has 13 heteroatoms. The maximum Gasteiger partial charge on any atom is 0.254 e. The molecule has 13 nitrogen and oxygen atoms in total. The van der Waals surface area contributed by atoms with Gasteiger partial charge in [-0.2, -0.15) is 5.10 Å². The third-order valence-corrected chi connectivity index (χ3v) is 15.4. The second-order valence-electron chi connectivity index (χ2n) is 20.6. The lowest BCUT2D eigenvalue weighted by Crippen LogP contribution is -2.63. The van der Waals surface area contributed by atoms with Crippen molar-refractivity contribution < 1.29 is 9.59 Å². The molecule has 2 aliphatic carbocycles. The van der Waals surface area contributed by atoms with Crippen LogP contribution in [0.1, 0.15) is 130 Å². The number of rotatable bonds is 8. The fraction of sp³-hybridized carbons (Fsp3) is 0.625. The lowest BCUT2D eigenvalue weighted by molar-refractivity contribution is -0.129. The summed E-state index contributed by atoms with van der Waals surface area (Å²) in [4.78, 5) is 48.8. The van der Waals surface area contributed by atoms with E-state index in [9.17, 15) is 9.59 Å². The molecule has 2 amide bonds. The Hall–Kier alpha value is -4.78. The van der Waals surface area contributed by atoms with Crippen LogP contribution in [0.5, 0.6) is 0 Å². The van der Waals surface area contributed by atoms with E-state index in [1.165, 1.54) is 48.2 Å². The van der Waals surface area contributed by atoms with Gasteiger partial charge < -0.3 is 30.7 Å². The fourth-order valence-corrected chi connectivity index (χ4v) is 12.6.